The fourth-order valence-corrected chi connectivity index (χ4v) is 3.23. The van der Waals surface area contributed by atoms with Crippen molar-refractivity contribution in [3.05, 3.63) is 28.0 Å². The van der Waals surface area contributed by atoms with Crippen molar-refractivity contribution in [3.63, 3.8) is 0 Å². The first-order valence-corrected chi connectivity index (χ1v) is 8.39. The lowest BCUT2D eigenvalue weighted by Crippen LogP contribution is -2.42. The van der Waals surface area contributed by atoms with Crippen LogP contribution in [0.5, 0.6) is 0 Å². The van der Waals surface area contributed by atoms with Crippen LogP contribution >= 0.6 is 23.2 Å². The Morgan fingerprint density at radius 2 is 1.71 bits per heavy atom. The summed E-state index contributed by atoms with van der Waals surface area (Å²) in [5.74, 6) is 1.25. The lowest BCUT2D eigenvalue weighted by atomic mass is 10.3. The van der Waals surface area contributed by atoms with E-state index in [-0.39, 0.29) is 0 Å². The molecule has 0 fully saturated rings. The van der Waals surface area contributed by atoms with Gasteiger partial charge in [-0.1, -0.05) is 37.0 Å². The Morgan fingerprint density at radius 1 is 1.10 bits per heavy atom. The molecular formula is C16H24Cl2N3+. The predicted molar refractivity (Wildman–Crippen MR) is 90.4 cm³/mol. The topological polar surface area (TPSA) is 12.1 Å². The maximum absolute atomic E-state index is 6.22. The van der Waals surface area contributed by atoms with Gasteiger partial charge in [0.2, 0.25) is 0 Å². The fourth-order valence-electron chi connectivity index (χ4n) is 2.92. The standard InChI is InChI=1S/C16H24Cl2N3/c1-5-19(6-2)8-9-21-12(4)20(7-3)15-10-13(17)14(18)11-16(15)21/h10-11H,5-9H2,1-4H3/q+1. The molecule has 0 bridgehead atoms. The van der Waals surface area contributed by atoms with Gasteiger partial charge in [-0.2, -0.15) is 0 Å². The summed E-state index contributed by atoms with van der Waals surface area (Å²) in [7, 11) is 0. The molecule has 21 heavy (non-hydrogen) atoms. The first-order valence-electron chi connectivity index (χ1n) is 7.63. The second-order valence-corrected chi connectivity index (χ2v) is 6.04. The highest BCUT2D eigenvalue weighted by molar-refractivity contribution is 6.42. The van der Waals surface area contributed by atoms with E-state index in [0.717, 1.165) is 43.8 Å². The van der Waals surface area contributed by atoms with E-state index < -0.39 is 0 Å². The number of nitrogens with zero attached hydrogens (tertiary/aromatic N) is 3. The van der Waals surface area contributed by atoms with Gasteiger partial charge < -0.3 is 0 Å². The summed E-state index contributed by atoms with van der Waals surface area (Å²) in [6.45, 7) is 13.8. The fraction of sp³-hybridized carbons (Fsp3) is 0.562. The Labute approximate surface area is 137 Å². The van der Waals surface area contributed by atoms with Gasteiger partial charge in [-0.3, -0.25) is 4.90 Å². The zero-order valence-electron chi connectivity index (χ0n) is 13.3. The average Bonchev–Trinajstić information content (AvgIpc) is 2.72. The van der Waals surface area contributed by atoms with Crippen LogP contribution in [0.2, 0.25) is 10.0 Å². The minimum Gasteiger partial charge on any atom is -0.300 e. The molecule has 0 saturated carbocycles. The predicted octanol–water partition coefficient (Wildman–Crippen LogP) is 3.91. The van der Waals surface area contributed by atoms with Crippen LogP contribution in [-0.4, -0.2) is 29.1 Å². The highest BCUT2D eigenvalue weighted by atomic mass is 35.5. The molecule has 0 amide bonds. The van der Waals surface area contributed by atoms with Crippen molar-refractivity contribution >= 4 is 34.2 Å². The lowest BCUT2D eigenvalue weighted by Gasteiger charge is -2.16. The molecule has 0 unspecified atom stereocenters. The molecule has 0 aliphatic heterocycles. The second-order valence-electron chi connectivity index (χ2n) is 5.23. The zero-order chi connectivity index (χ0) is 15.6. The van der Waals surface area contributed by atoms with Gasteiger partial charge in [0.25, 0.3) is 5.82 Å². The summed E-state index contributed by atoms with van der Waals surface area (Å²) in [6, 6.07) is 3.96. The number of fused-ring (bicyclic) bond motifs is 1. The minimum absolute atomic E-state index is 0.618. The molecule has 2 aromatic rings. The van der Waals surface area contributed by atoms with E-state index in [2.05, 4.69) is 41.7 Å². The summed E-state index contributed by atoms with van der Waals surface area (Å²) in [4.78, 5) is 2.43. The third-order valence-electron chi connectivity index (χ3n) is 4.23. The number of likely N-dealkylation sites (N-methyl/N-ethyl adjacent to an activating group) is 1. The maximum Gasteiger partial charge on any atom is 0.254 e. The third-order valence-corrected chi connectivity index (χ3v) is 4.95. The molecule has 0 atom stereocenters. The molecule has 1 aromatic heterocycles. The van der Waals surface area contributed by atoms with E-state index in [0.29, 0.717) is 10.0 Å². The van der Waals surface area contributed by atoms with Crippen LogP contribution < -0.4 is 4.57 Å². The van der Waals surface area contributed by atoms with E-state index in [4.69, 9.17) is 23.2 Å². The van der Waals surface area contributed by atoms with E-state index in [9.17, 15) is 0 Å². The number of benzene rings is 1. The van der Waals surface area contributed by atoms with Crippen LogP contribution in [0.25, 0.3) is 11.0 Å². The minimum atomic E-state index is 0.618. The second kappa shape index (κ2) is 6.99. The smallest absolute Gasteiger partial charge is 0.254 e. The summed E-state index contributed by atoms with van der Waals surface area (Å²) in [6.07, 6.45) is 0. The van der Waals surface area contributed by atoms with Crippen LogP contribution in [-0.2, 0) is 13.1 Å². The molecule has 1 heterocycles. The molecule has 0 saturated heterocycles. The molecule has 0 aliphatic carbocycles. The number of hydrogen-bond donors (Lipinski definition) is 0. The van der Waals surface area contributed by atoms with Gasteiger partial charge in [0.05, 0.1) is 16.6 Å². The molecule has 0 spiro atoms. The number of rotatable bonds is 6. The van der Waals surface area contributed by atoms with Crippen molar-refractivity contribution in [1.29, 1.82) is 0 Å². The Morgan fingerprint density at radius 3 is 2.29 bits per heavy atom. The number of aryl methyl sites for hydroxylation is 1. The van der Waals surface area contributed by atoms with Crippen LogP contribution in [0, 0.1) is 6.92 Å². The van der Waals surface area contributed by atoms with E-state index >= 15 is 0 Å². The Hall–Kier alpha value is -0.770. The van der Waals surface area contributed by atoms with E-state index in [1.54, 1.807) is 0 Å². The number of hydrogen-bond acceptors (Lipinski definition) is 1. The van der Waals surface area contributed by atoms with Gasteiger partial charge in [0.15, 0.2) is 11.0 Å². The Bertz CT molecular complexity index is 630. The first-order chi connectivity index (χ1) is 10.0. The largest absolute Gasteiger partial charge is 0.300 e. The Balaban J connectivity index is 2.47. The zero-order valence-corrected chi connectivity index (χ0v) is 14.8. The lowest BCUT2D eigenvalue weighted by molar-refractivity contribution is -0.678. The molecule has 0 radical (unpaired) electrons. The third kappa shape index (κ3) is 3.20. The molecule has 0 N–H and O–H groups in total. The molecule has 116 valence electrons. The highest BCUT2D eigenvalue weighted by Gasteiger charge is 2.22. The highest BCUT2D eigenvalue weighted by Crippen LogP contribution is 2.27. The molecule has 3 nitrogen and oxygen atoms in total. The van der Waals surface area contributed by atoms with Gasteiger partial charge in [-0.25, -0.2) is 9.13 Å². The average molecular weight is 329 g/mol. The van der Waals surface area contributed by atoms with Crippen LogP contribution in [0.15, 0.2) is 12.1 Å². The quantitative estimate of drug-likeness (QED) is 0.732. The SMILES string of the molecule is CCN(CC)CC[n+]1c(C)n(CC)c2cc(Cl)c(Cl)cc21. The monoisotopic (exact) mass is 328 g/mol. The summed E-state index contributed by atoms with van der Waals surface area (Å²) in [5, 5.41) is 1.24. The van der Waals surface area contributed by atoms with Crippen LogP contribution in [0.4, 0.5) is 0 Å². The Kier molecular flexibility index (Phi) is 5.53. The maximum atomic E-state index is 6.22. The van der Waals surface area contributed by atoms with Crippen molar-refractivity contribution in [3.8, 4) is 0 Å². The molecule has 0 aliphatic rings. The van der Waals surface area contributed by atoms with Crippen molar-refractivity contribution in [2.24, 2.45) is 0 Å². The molecule has 5 heteroatoms. The first kappa shape index (κ1) is 16.6. The van der Waals surface area contributed by atoms with Gasteiger partial charge in [-0.15, -0.1) is 0 Å². The van der Waals surface area contributed by atoms with Gasteiger partial charge >= 0.3 is 0 Å². The number of imidazole rings is 1. The van der Waals surface area contributed by atoms with Gasteiger partial charge in [-0.05, 0) is 20.0 Å². The van der Waals surface area contributed by atoms with E-state index in [1.165, 1.54) is 5.82 Å². The summed E-state index contributed by atoms with van der Waals surface area (Å²) in [5.41, 5.74) is 2.32. The van der Waals surface area contributed by atoms with Gasteiger partial charge in [0, 0.05) is 25.6 Å². The van der Waals surface area contributed by atoms with Crippen LogP contribution in [0.3, 0.4) is 0 Å². The molecular weight excluding hydrogens is 305 g/mol. The summed E-state index contributed by atoms with van der Waals surface area (Å²) >= 11 is 12.4. The number of aromatic nitrogens is 2. The molecule has 1 aromatic carbocycles. The molecule has 2 rings (SSSR count). The van der Waals surface area contributed by atoms with Crippen molar-refractivity contribution in [1.82, 2.24) is 9.47 Å². The van der Waals surface area contributed by atoms with Crippen LogP contribution in [0.1, 0.15) is 26.6 Å². The normalized spacial score (nSPS) is 11.8. The van der Waals surface area contributed by atoms with Crippen molar-refractivity contribution in [2.45, 2.75) is 40.8 Å². The van der Waals surface area contributed by atoms with Gasteiger partial charge in [0.1, 0.15) is 6.54 Å². The van der Waals surface area contributed by atoms with Crippen molar-refractivity contribution < 1.29 is 4.57 Å². The summed E-state index contributed by atoms with van der Waals surface area (Å²) < 4.78 is 4.64. The van der Waals surface area contributed by atoms with E-state index in [1.807, 2.05) is 12.1 Å². The number of halogens is 2. The van der Waals surface area contributed by atoms with Crippen molar-refractivity contribution in [2.75, 3.05) is 19.6 Å².